The van der Waals surface area contributed by atoms with Gasteiger partial charge in [0.25, 0.3) is 0 Å². The number of halogens is 3. The predicted molar refractivity (Wildman–Crippen MR) is 56.2 cm³/mol. The fourth-order valence-corrected chi connectivity index (χ4v) is 1.49. The molecule has 2 rings (SSSR count). The molecular weight excluding hydrogens is 231 g/mol. The third-order valence-corrected chi connectivity index (χ3v) is 2.54. The Morgan fingerprint density at radius 1 is 1.18 bits per heavy atom. The van der Waals surface area contributed by atoms with E-state index in [1.54, 1.807) is 24.6 Å². The van der Waals surface area contributed by atoms with E-state index in [0.717, 1.165) is 12.1 Å². The van der Waals surface area contributed by atoms with E-state index in [4.69, 9.17) is 0 Å². The van der Waals surface area contributed by atoms with Gasteiger partial charge in [-0.25, -0.2) is 0 Å². The van der Waals surface area contributed by atoms with Gasteiger partial charge >= 0.3 is 6.18 Å². The van der Waals surface area contributed by atoms with Crippen molar-refractivity contribution in [2.45, 2.75) is 13.1 Å². The molecule has 0 fully saturated rings. The number of rotatable bonds is 1. The molecule has 0 saturated heterocycles. The second-order valence-corrected chi connectivity index (χ2v) is 3.71. The van der Waals surface area contributed by atoms with E-state index < -0.39 is 11.7 Å². The Morgan fingerprint density at radius 2 is 1.88 bits per heavy atom. The SMILES string of the molecule is Cc1nnc(-c2cccc(C(F)(F)F)c2)n1C. The maximum Gasteiger partial charge on any atom is 0.416 e. The Labute approximate surface area is 95.9 Å². The molecule has 2 aromatic rings. The lowest BCUT2D eigenvalue weighted by atomic mass is 10.1. The van der Waals surface area contributed by atoms with Gasteiger partial charge in [-0.2, -0.15) is 13.2 Å². The topological polar surface area (TPSA) is 30.7 Å². The molecule has 0 atom stereocenters. The van der Waals surface area contributed by atoms with Gasteiger partial charge in [0, 0.05) is 12.6 Å². The van der Waals surface area contributed by atoms with E-state index in [1.807, 2.05) is 0 Å². The van der Waals surface area contributed by atoms with Crippen LogP contribution >= 0.6 is 0 Å². The minimum Gasteiger partial charge on any atom is -0.314 e. The number of benzene rings is 1. The first kappa shape index (κ1) is 11.6. The molecule has 3 nitrogen and oxygen atoms in total. The van der Waals surface area contributed by atoms with Crippen molar-refractivity contribution >= 4 is 0 Å². The standard InChI is InChI=1S/C11H10F3N3/c1-7-15-16-10(17(7)2)8-4-3-5-9(6-8)11(12,13)14/h3-6H,1-2H3. The number of hydrogen-bond acceptors (Lipinski definition) is 2. The van der Waals surface area contributed by atoms with Crippen molar-refractivity contribution < 1.29 is 13.2 Å². The lowest BCUT2D eigenvalue weighted by molar-refractivity contribution is -0.137. The summed E-state index contributed by atoms with van der Waals surface area (Å²) >= 11 is 0. The molecule has 0 unspecified atom stereocenters. The van der Waals surface area contributed by atoms with Gasteiger partial charge in [-0.1, -0.05) is 12.1 Å². The van der Waals surface area contributed by atoms with Crippen molar-refractivity contribution in [2.24, 2.45) is 7.05 Å². The molecule has 6 heteroatoms. The van der Waals surface area contributed by atoms with E-state index in [1.165, 1.54) is 6.07 Å². The summed E-state index contributed by atoms with van der Waals surface area (Å²) in [4.78, 5) is 0. The van der Waals surface area contributed by atoms with Crippen LogP contribution in [0.4, 0.5) is 13.2 Å². The van der Waals surface area contributed by atoms with Gasteiger partial charge in [0.05, 0.1) is 5.56 Å². The normalized spacial score (nSPS) is 11.8. The fourth-order valence-electron chi connectivity index (χ4n) is 1.49. The number of aromatic nitrogens is 3. The van der Waals surface area contributed by atoms with Gasteiger partial charge in [0.2, 0.25) is 0 Å². The summed E-state index contributed by atoms with van der Waals surface area (Å²) in [6, 6.07) is 5.05. The van der Waals surface area contributed by atoms with Crippen molar-refractivity contribution in [1.29, 1.82) is 0 Å². The minimum atomic E-state index is -4.34. The van der Waals surface area contributed by atoms with Crippen LogP contribution in [0.5, 0.6) is 0 Å². The summed E-state index contributed by atoms with van der Waals surface area (Å²) < 4.78 is 39.3. The van der Waals surface area contributed by atoms with Gasteiger partial charge in [0.1, 0.15) is 5.82 Å². The zero-order valence-electron chi connectivity index (χ0n) is 9.28. The monoisotopic (exact) mass is 241 g/mol. The average Bonchev–Trinajstić information content (AvgIpc) is 2.59. The van der Waals surface area contributed by atoms with Gasteiger partial charge in [-0.05, 0) is 19.1 Å². The Bertz CT molecular complexity index is 543. The second kappa shape index (κ2) is 3.87. The number of alkyl halides is 3. The third kappa shape index (κ3) is 2.15. The minimum absolute atomic E-state index is 0.405. The molecule has 0 spiro atoms. The Morgan fingerprint density at radius 3 is 2.41 bits per heavy atom. The smallest absolute Gasteiger partial charge is 0.314 e. The summed E-state index contributed by atoms with van der Waals surface area (Å²) in [5.74, 6) is 1.08. The highest BCUT2D eigenvalue weighted by molar-refractivity contribution is 5.56. The van der Waals surface area contributed by atoms with E-state index in [-0.39, 0.29) is 0 Å². The summed E-state index contributed by atoms with van der Waals surface area (Å²) in [6.45, 7) is 1.74. The van der Waals surface area contributed by atoms with E-state index >= 15 is 0 Å². The molecule has 1 aromatic heterocycles. The first-order chi connectivity index (χ1) is 7.89. The highest BCUT2D eigenvalue weighted by atomic mass is 19.4. The highest BCUT2D eigenvalue weighted by Gasteiger charge is 2.30. The van der Waals surface area contributed by atoms with Crippen LogP contribution in [0.2, 0.25) is 0 Å². The van der Waals surface area contributed by atoms with Gasteiger partial charge in [-0.3, -0.25) is 0 Å². The first-order valence-electron chi connectivity index (χ1n) is 4.93. The molecule has 0 saturated carbocycles. The van der Waals surface area contributed by atoms with Crippen LogP contribution in [0.3, 0.4) is 0 Å². The second-order valence-electron chi connectivity index (χ2n) is 3.71. The van der Waals surface area contributed by atoms with E-state index in [0.29, 0.717) is 17.2 Å². The molecule has 0 aliphatic heterocycles. The van der Waals surface area contributed by atoms with Crippen LogP contribution in [0.25, 0.3) is 11.4 Å². The first-order valence-corrected chi connectivity index (χ1v) is 4.93. The Kier molecular flexibility index (Phi) is 2.65. The molecule has 17 heavy (non-hydrogen) atoms. The van der Waals surface area contributed by atoms with Crippen LogP contribution in [-0.4, -0.2) is 14.8 Å². The fraction of sp³-hybridized carbons (Fsp3) is 0.273. The summed E-state index contributed by atoms with van der Waals surface area (Å²) in [5.41, 5.74) is -0.279. The van der Waals surface area contributed by atoms with Gasteiger partial charge < -0.3 is 4.57 Å². The van der Waals surface area contributed by atoms with Crippen molar-refractivity contribution in [3.05, 3.63) is 35.7 Å². The largest absolute Gasteiger partial charge is 0.416 e. The molecule has 1 heterocycles. The quantitative estimate of drug-likeness (QED) is 0.768. The van der Waals surface area contributed by atoms with E-state index in [9.17, 15) is 13.2 Å². The molecule has 0 N–H and O–H groups in total. The van der Waals surface area contributed by atoms with E-state index in [2.05, 4.69) is 10.2 Å². The van der Waals surface area contributed by atoms with Gasteiger partial charge in [-0.15, -0.1) is 10.2 Å². The van der Waals surface area contributed by atoms with Crippen molar-refractivity contribution in [3.8, 4) is 11.4 Å². The van der Waals surface area contributed by atoms with Crippen LogP contribution in [0, 0.1) is 6.92 Å². The Hall–Kier alpha value is -1.85. The van der Waals surface area contributed by atoms with Crippen LogP contribution in [-0.2, 0) is 13.2 Å². The predicted octanol–water partition coefficient (Wildman–Crippen LogP) is 2.81. The molecule has 0 aliphatic carbocycles. The van der Waals surface area contributed by atoms with Crippen molar-refractivity contribution in [2.75, 3.05) is 0 Å². The summed E-state index contributed by atoms with van der Waals surface area (Å²) in [7, 11) is 1.71. The number of hydrogen-bond donors (Lipinski definition) is 0. The molecule has 90 valence electrons. The molecule has 0 amide bonds. The lowest BCUT2D eigenvalue weighted by Gasteiger charge is -2.08. The average molecular weight is 241 g/mol. The zero-order chi connectivity index (χ0) is 12.6. The number of aryl methyl sites for hydroxylation is 1. The van der Waals surface area contributed by atoms with Crippen LogP contribution < -0.4 is 0 Å². The zero-order valence-corrected chi connectivity index (χ0v) is 9.28. The molecular formula is C11H10F3N3. The van der Waals surface area contributed by atoms with Crippen molar-refractivity contribution in [3.63, 3.8) is 0 Å². The third-order valence-electron chi connectivity index (χ3n) is 2.54. The highest BCUT2D eigenvalue weighted by Crippen LogP contribution is 2.31. The maximum atomic E-state index is 12.5. The summed E-state index contributed by atoms with van der Waals surface area (Å²) in [6.07, 6.45) is -4.34. The number of nitrogens with zero attached hydrogens (tertiary/aromatic N) is 3. The molecule has 0 aliphatic rings. The molecule has 0 radical (unpaired) electrons. The van der Waals surface area contributed by atoms with Crippen LogP contribution in [0.1, 0.15) is 11.4 Å². The molecule has 0 bridgehead atoms. The lowest BCUT2D eigenvalue weighted by Crippen LogP contribution is -2.05. The van der Waals surface area contributed by atoms with Gasteiger partial charge in [0.15, 0.2) is 5.82 Å². The van der Waals surface area contributed by atoms with Crippen molar-refractivity contribution in [1.82, 2.24) is 14.8 Å². The Balaban J connectivity index is 2.51. The molecule has 1 aromatic carbocycles. The van der Waals surface area contributed by atoms with Crippen LogP contribution in [0.15, 0.2) is 24.3 Å². The maximum absolute atomic E-state index is 12.5. The summed E-state index contributed by atoms with van der Waals surface area (Å²) in [5, 5.41) is 7.67.